The predicted octanol–water partition coefficient (Wildman–Crippen LogP) is 5.05. The summed E-state index contributed by atoms with van der Waals surface area (Å²) in [6, 6.07) is 17.1. The number of hydrogen-bond acceptors (Lipinski definition) is 3. The molecule has 0 saturated carbocycles. The van der Waals surface area contributed by atoms with Gasteiger partial charge in [-0.2, -0.15) is 11.8 Å². The molecule has 1 aliphatic heterocycles. The van der Waals surface area contributed by atoms with E-state index < -0.39 is 0 Å². The van der Waals surface area contributed by atoms with Gasteiger partial charge in [-0.1, -0.05) is 36.4 Å². The Hall–Kier alpha value is -2.30. The number of thioether (sulfide) groups is 1. The Morgan fingerprint density at radius 1 is 1.15 bits per heavy atom. The van der Waals surface area contributed by atoms with Gasteiger partial charge in [0.1, 0.15) is 6.29 Å². The van der Waals surface area contributed by atoms with E-state index in [1.807, 2.05) is 30.0 Å². The number of carbonyl (C=O) groups excluding carboxylic acids is 1. The number of aromatic amines is 1. The van der Waals surface area contributed by atoms with Crippen LogP contribution in [0.5, 0.6) is 0 Å². The molecule has 1 atom stereocenters. The largest absolute Gasteiger partial charge is 0.361 e. The first-order valence-corrected chi connectivity index (χ1v) is 10.6. The molecule has 4 rings (SSSR count). The minimum Gasteiger partial charge on any atom is -0.361 e. The monoisotopic (exact) mass is 376 g/mol. The highest BCUT2D eigenvalue weighted by Gasteiger charge is 2.15. The lowest BCUT2D eigenvalue weighted by Gasteiger charge is -2.24. The van der Waals surface area contributed by atoms with Gasteiger partial charge in [-0.05, 0) is 53.5 Å². The first-order valence-electron chi connectivity index (χ1n) is 9.44. The smallest absolute Gasteiger partial charge is 0.150 e. The highest BCUT2D eigenvalue weighted by atomic mass is 32.2. The molecule has 0 aliphatic carbocycles. The van der Waals surface area contributed by atoms with Gasteiger partial charge in [-0.15, -0.1) is 0 Å². The second-order valence-corrected chi connectivity index (χ2v) is 8.09. The summed E-state index contributed by atoms with van der Waals surface area (Å²) in [4.78, 5) is 14.3. The molecule has 2 aromatic carbocycles. The fraction of sp³-hybridized carbons (Fsp3) is 0.261. The number of aromatic nitrogens is 1. The molecule has 4 heteroatoms. The highest BCUT2D eigenvalue weighted by molar-refractivity contribution is 7.98. The van der Waals surface area contributed by atoms with E-state index >= 15 is 0 Å². The van der Waals surface area contributed by atoms with E-state index in [0.29, 0.717) is 6.04 Å². The molecule has 27 heavy (non-hydrogen) atoms. The molecule has 0 bridgehead atoms. The Balaban J connectivity index is 1.29. The number of fused-ring (bicyclic) bond motifs is 1. The van der Waals surface area contributed by atoms with Gasteiger partial charge in [-0.3, -0.25) is 4.79 Å². The van der Waals surface area contributed by atoms with E-state index in [9.17, 15) is 4.79 Å². The first kappa shape index (κ1) is 18.1. The van der Waals surface area contributed by atoms with Crippen molar-refractivity contribution in [1.82, 2.24) is 10.3 Å². The number of rotatable bonds is 7. The number of hydrogen-bond donors (Lipinski definition) is 2. The summed E-state index contributed by atoms with van der Waals surface area (Å²) in [5.41, 5.74) is 5.92. The quantitative estimate of drug-likeness (QED) is 0.448. The molecular weight excluding hydrogens is 352 g/mol. The lowest BCUT2D eigenvalue weighted by Crippen LogP contribution is -2.33. The minimum atomic E-state index is 0.544. The third kappa shape index (κ3) is 4.34. The number of carbonyl (C=O) groups is 1. The zero-order valence-electron chi connectivity index (χ0n) is 15.3. The molecule has 3 aromatic rings. The third-order valence-corrected chi connectivity index (χ3v) is 6.20. The van der Waals surface area contributed by atoms with Crippen LogP contribution in [0, 0.1) is 0 Å². The molecule has 0 amide bonds. The van der Waals surface area contributed by atoms with Crippen molar-refractivity contribution >= 4 is 34.5 Å². The zero-order valence-corrected chi connectivity index (χ0v) is 16.1. The molecule has 0 radical (unpaired) electrons. The van der Waals surface area contributed by atoms with Crippen LogP contribution in [0.4, 0.5) is 0 Å². The molecule has 2 N–H and O–H groups in total. The van der Waals surface area contributed by atoms with Gasteiger partial charge in [0.25, 0.3) is 0 Å². The average molecular weight is 377 g/mol. The van der Waals surface area contributed by atoms with Crippen LogP contribution in [0.25, 0.3) is 16.5 Å². The Labute approximate surface area is 164 Å². The van der Waals surface area contributed by atoms with E-state index in [1.54, 1.807) is 0 Å². The summed E-state index contributed by atoms with van der Waals surface area (Å²) < 4.78 is 0. The van der Waals surface area contributed by atoms with Crippen LogP contribution in [0.3, 0.4) is 0 Å². The summed E-state index contributed by atoms with van der Waals surface area (Å²) in [6.45, 7) is 0.955. The van der Waals surface area contributed by atoms with Gasteiger partial charge >= 0.3 is 0 Å². The Bertz CT molecular complexity index is 945. The zero-order chi connectivity index (χ0) is 18.5. The standard InChI is InChI=1S/C23H24N2OS/c26-15-17-6-7-23-22(12-17)20(14-25-23)16-27-11-9-21-13-19(8-10-24-21)18-4-2-1-3-5-18/h1-8,12,14-15,21,24-25H,9-11,13,16H2. The Morgan fingerprint density at radius 3 is 2.89 bits per heavy atom. The van der Waals surface area contributed by atoms with Crippen LogP contribution >= 0.6 is 11.8 Å². The SMILES string of the molecule is O=Cc1ccc2[nH]cc(CSCCC3CC(c4ccccc4)=CCN3)c2c1. The molecule has 3 nitrogen and oxygen atoms in total. The molecule has 0 saturated heterocycles. The summed E-state index contributed by atoms with van der Waals surface area (Å²) in [5, 5.41) is 4.79. The number of aldehydes is 1. The maximum Gasteiger partial charge on any atom is 0.150 e. The lowest BCUT2D eigenvalue weighted by atomic mass is 9.94. The lowest BCUT2D eigenvalue weighted by molar-refractivity contribution is 0.112. The molecule has 2 heterocycles. The second-order valence-electron chi connectivity index (χ2n) is 6.98. The molecular formula is C23H24N2OS. The van der Waals surface area contributed by atoms with Gasteiger partial charge in [0.05, 0.1) is 0 Å². The Kier molecular flexibility index (Phi) is 5.75. The molecule has 138 valence electrons. The van der Waals surface area contributed by atoms with Gasteiger partial charge in [-0.25, -0.2) is 0 Å². The van der Waals surface area contributed by atoms with Crippen molar-refractivity contribution in [2.45, 2.75) is 24.6 Å². The molecule has 1 aliphatic rings. The van der Waals surface area contributed by atoms with E-state index in [0.717, 1.165) is 53.6 Å². The molecule has 0 spiro atoms. The molecule has 1 unspecified atom stereocenters. The van der Waals surface area contributed by atoms with Crippen molar-refractivity contribution in [1.29, 1.82) is 0 Å². The van der Waals surface area contributed by atoms with Crippen LogP contribution in [0.2, 0.25) is 0 Å². The van der Waals surface area contributed by atoms with Crippen LogP contribution in [0.15, 0.2) is 60.8 Å². The third-order valence-electron chi connectivity index (χ3n) is 5.16. The number of benzene rings is 2. The highest BCUT2D eigenvalue weighted by Crippen LogP contribution is 2.26. The summed E-state index contributed by atoms with van der Waals surface area (Å²) in [7, 11) is 0. The molecule has 1 aromatic heterocycles. The van der Waals surface area contributed by atoms with E-state index in [1.165, 1.54) is 16.7 Å². The second kappa shape index (κ2) is 8.59. The Morgan fingerprint density at radius 2 is 2.04 bits per heavy atom. The van der Waals surface area contributed by atoms with Crippen molar-refractivity contribution in [2.24, 2.45) is 0 Å². The average Bonchev–Trinajstić information content (AvgIpc) is 3.14. The van der Waals surface area contributed by atoms with Crippen molar-refractivity contribution in [3.05, 3.63) is 77.5 Å². The minimum absolute atomic E-state index is 0.544. The van der Waals surface area contributed by atoms with Gasteiger partial charge in [0.15, 0.2) is 0 Å². The summed E-state index contributed by atoms with van der Waals surface area (Å²) >= 11 is 1.96. The predicted molar refractivity (Wildman–Crippen MR) is 115 cm³/mol. The van der Waals surface area contributed by atoms with E-state index in [4.69, 9.17) is 0 Å². The fourth-order valence-corrected chi connectivity index (χ4v) is 4.71. The normalized spacial score (nSPS) is 17.0. The topological polar surface area (TPSA) is 44.9 Å². The van der Waals surface area contributed by atoms with Gasteiger partial charge < -0.3 is 10.3 Å². The van der Waals surface area contributed by atoms with Crippen LogP contribution < -0.4 is 5.32 Å². The van der Waals surface area contributed by atoms with Crippen molar-refractivity contribution in [2.75, 3.05) is 12.3 Å². The van der Waals surface area contributed by atoms with Crippen molar-refractivity contribution in [3.8, 4) is 0 Å². The summed E-state index contributed by atoms with van der Waals surface area (Å²) in [6.07, 6.45) is 7.56. The maximum atomic E-state index is 11.0. The van der Waals surface area contributed by atoms with Crippen LogP contribution in [-0.4, -0.2) is 29.6 Å². The number of H-pyrrole nitrogens is 1. The van der Waals surface area contributed by atoms with Crippen LogP contribution in [0.1, 0.15) is 34.3 Å². The van der Waals surface area contributed by atoms with E-state index in [2.05, 4.69) is 52.9 Å². The maximum absolute atomic E-state index is 11.0. The first-order chi connectivity index (χ1) is 13.3. The van der Waals surface area contributed by atoms with Gasteiger partial charge in [0.2, 0.25) is 0 Å². The summed E-state index contributed by atoms with van der Waals surface area (Å²) in [5.74, 6) is 2.09. The fourth-order valence-electron chi connectivity index (χ4n) is 3.66. The molecule has 0 fully saturated rings. The number of nitrogens with one attached hydrogen (secondary N) is 2. The van der Waals surface area contributed by atoms with Crippen molar-refractivity contribution in [3.63, 3.8) is 0 Å². The van der Waals surface area contributed by atoms with Gasteiger partial charge in [0, 0.05) is 41.0 Å². The van der Waals surface area contributed by atoms with E-state index in [-0.39, 0.29) is 0 Å². The van der Waals surface area contributed by atoms with Crippen molar-refractivity contribution < 1.29 is 4.79 Å². The van der Waals surface area contributed by atoms with Crippen LogP contribution in [-0.2, 0) is 5.75 Å².